The van der Waals surface area contributed by atoms with Crippen LogP contribution in [0.15, 0.2) is 4.90 Å². The van der Waals surface area contributed by atoms with Gasteiger partial charge in [0.1, 0.15) is 0 Å². The van der Waals surface area contributed by atoms with Crippen LogP contribution in [0.2, 0.25) is 0 Å². The fourth-order valence-electron chi connectivity index (χ4n) is 2.28. The van der Waals surface area contributed by atoms with Gasteiger partial charge in [0.15, 0.2) is 0 Å². The Hall–Kier alpha value is -0.870. The van der Waals surface area contributed by atoms with Gasteiger partial charge < -0.3 is 0 Å². The summed E-state index contributed by atoms with van der Waals surface area (Å²) in [5, 5.41) is 0. The van der Waals surface area contributed by atoms with Crippen molar-refractivity contribution in [2.75, 3.05) is 0 Å². The summed E-state index contributed by atoms with van der Waals surface area (Å²) in [5.74, 6) is 0. The van der Waals surface area contributed by atoms with Crippen molar-refractivity contribution in [3.05, 3.63) is 27.8 Å². The lowest BCUT2D eigenvalue weighted by molar-refractivity contribution is 0.554. The van der Waals surface area contributed by atoms with E-state index in [0.29, 0.717) is 4.90 Å². The third kappa shape index (κ3) is 3.00. The Morgan fingerprint density at radius 2 is 1.26 bits per heavy atom. The van der Waals surface area contributed by atoms with Gasteiger partial charge in [-0.2, -0.15) is 0 Å². The van der Waals surface area contributed by atoms with E-state index in [1.807, 2.05) is 48.5 Å². The molecule has 1 aromatic carbocycles. The van der Waals surface area contributed by atoms with E-state index < -0.39 is 10.0 Å². The largest absolute Gasteiger partial charge is 0.241 e. The first-order valence-electron chi connectivity index (χ1n) is 6.72. The molecule has 0 fully saturated rings. The van der Waals surface area contributed by atoms with Gasteiger partial charge >= 0.3 is 0 Å². The lowest BCUT2D eigenvalue weighted by atomic mass is 9.95. The van der Waals surface area contributed by atoms with Gasteiger partial charge in [0.25, 0.3) is 0 Å². The standard InChI is InChI=1S/C15H25NO2S/c1-8-9(2)16-19(17,18)15-13(6)11(4)10(3)12(5)14(15)7/h9,16H,8H2,1-7H3/t9-/m1/s1. The van der Waals surface area contributed by atoms with Gasteiger partial charge in [0, 0.05) is 6.04 Å². The van der Waals surface area contributed by atoms with E-state index in [4.69, 9.17) is 0 Å². The number of benzene rings is 1. The quantitative estimate of drug-likeness (QED) is 0.921. The molecule has 0 spiro atoms. The van der Waals surface area contributed by atoms with E-state index in [-0.39, 0.29) is 6.04 Å². The third-order valence-electron chi connectivity index (χ3n) is 4.17. The lowest BCUT2D eigenvalue weighted by Gasteiger charge is -2.20. The number of rotatable bonds is 4. The van der Waals surface area contributed by atoms with Crippen LogP contribution in [0.5, 0.6) is 0 Å². The molecule has 0 bridgehead atoms. The highest BCUT2D eigenvalue weighted by atomic mass is 32.2. The minimum Gasteiger partial charge on any atom is -0.208 e. The van der Waals surface area contributed by atoms with Crippen LogP contribution in [-0.2, 0) is 10.0 Å². The number of sulfonamides is 1. The van der Waals surface area contributed by atoms with Crippen LogP contribution in [0.25, 0.3) is 0 Å². The van der Waals surface area contributed by atoms with Crippen LogP contribution in [0.3, 0.4) is 0 Å². The normalized spacial score (nSPS) is 13.6. The highest BCUT2D eigenvalue weighted by molar-refractivity contribution is 7.89. The zero-order valence-electron chi connectivity index (χ0n) is 13.0. The second kappa shape index (κ2) is 5.63. The van der Waals surface area contributed by atoms with Crippen molar-refractivity contribution in [1.29, 1.82) is 0 Å². The molecule has 0 aliphatic carbocycles. The molecular weight excluding hydrogens is 258 g/mol. The van der Waals surface area contributed by atoms with Gasteiger partial charge in [-0.25, -0.2) is 13.1 Å². The molecule has 1 atom stereocenters. The van der Waals surface area contributed by atoms with Crippen LogP contribution < -0.4 is 4.72 Å². The molecule has 4 heteroatoms. The van der Waals surface area contributed by atoms with E-state index in [9.17, 15) is 8.42 Å². The molecule has 1 aromatic rings. The topological polar surface area (TPSA) is 46.2 Å². The van der Waals surface area contributed by atoms with Crippen molar-refractivity contribution in [2.45, 2.75) is 65.8 Å². The first-order chi connectivity index (χ1) is 8.63. The van der Waals surface area contributed by atoms with Crippen LogP contribution in [-0.4, -0.2) is 14.5 Å². The molecule has 0 aliphatic rings. The third-order valence-corrected chi connectivity index (χ3v) is 6.03. The highest BCUT2D eigenvalue weighted by Gasteiger charge is 2.24. The number of nitrogens with one attached hydrogen (secondary N) is 1. The molecule has 1 N–H and O–H groups in total. The molecule has 108 valence electrons. The summed E-state index contributed by atoms with van der Waals surface area (Å²) in [4.78, 5) is 0.452. The van der Waals surface area contributed by atoms with Crippen molar-refractivity contribution >= 4 is 10.0 Å². The Kier molecular flexibility index (Phi) is 4.80. The molecule has 0 heterocycles. The average Bonchev–Trinajstić information content (AvgIpc) is 2.33. The van der Waals surface area contributed by atoms with Crippen molar-refractivity contribution in [2.24, 2.45) is 0 Å². The maximum Gasteiger partial charge on any atom is 0.241 e. The summed E-state index contributed by atoms with van der Waals surface area (Å²) in [7, 11) is -3.44. The molecule has 0 saturated heterocycles. The molecule has 0 amide bonds. The maximum absolute atomic E-state index is 12.5. The SMILES string of the molecule is CC[C@@H](C)NS(=O)(=O)c1c(C)c(C)c(C)c(C)c1C. The Bertz CT molecular complexity index is 560. The zero-order chi connectivity index (χ0) is 15.0. The van der Waals surface area contributed by atoms with E-state index in [2.05, 4.69) is 4.72 Å². The Balaban J connectivity index is 3.52. The van der Waals surface area contributed by atoms with Crippen LogP contribution in [0, 0.1) is 34.6 Å². The fraction of sp³-hybridized carbons (Fsp3) is 0.600. The van der Waals surface area contributed by atoms with E-state index in [1.54, 1.807) is 0 Å². The second-order valence-electron chi connectivity index (χ2n) is 5.38. The molecule has 0 radical (unpaired) electrons. The Morgan fingerprint density at radius 3 is 1.63 bits per heavy atom. The number of hydrogen-bond donors (Lipinski definition) is 1. The molecule has 19 heavy (non-hydrogen) atoms. The molecular formula is C15H25NO2S. The van der Waals surface area contributed by atoms with Crippen molar-refractivity contribution in [3.8, 4) is 0 Å². The second-order valence-corrected chi connectivity index (χ2v) is 7.04. The van der Waals surface area contributed by atoms with Gasteiger partial charge in [-0.05, 0) is 75.8 Å². The minimum atomic E-state index is -3.44. The van der Waals surface area contributed by atoms with Gasteiger partial charge in [-0.1, -0.05) is 6.92 Å². The van der Waals surface area contributed by atoms with Crippen molar-refractivity contribution in [3.63, 3.8) is 0 Å². The molecule has 0 unspecified atom stereocenters. The van der Waals surface area contributed by atoms with E-state index in [1.165, 1.54) is 5.56 Å². The molecule has 0 aromatic heterocycles. The highest BCUT2D eigenvalue weighted by Crippen LogP contribution is 2.29. The molecule has 0 saturated carbocycles. The first-order valence-corrected chi connectivity index (χ1v) is 8.21. The Labute approximate surface area is 117 Å². The molecule has 3 nitrogen and oxygen atoms in total. The zero-order valence-corrected chi connectivity index (χ0v) is 13.8. The van der Waals surface area contributed by atoms with E-state index >= 15 is 0 Å². The summed E-state index contributed by atoms with van der Waals surface area (Å²) < 4.78 is 27.8. The van der Waals surface area contributed by atoms with Gasteiger partial charge in [0.2, 0.25) is 10.0 Å². The summed E-state index contributed by atoms with van der Waals surface area (Å²) in [6, 6.07) is -0.0503. The first kappa shape index (κ1) is 16.2. The van der Waals surface area contributed by atoms with Crippen LogP contribution >= 0.6 is 0 Å². The van der Waals surface area contributed by atoms with Crippen molar-refractivity contribution < 1.29 is 8.42 Å². The lowest BCUT2D eigenvalue weighted by Crippen LogP contribution is -2.33. The maximum atomic E-state index is 12.5. The predicted octanol–water partition coefficient (Wildman–Crippen LogP) is 3.31. The monoisotopic (exact) mass is 283 g/mol. The molecule has 1 rings (SSSR count). The van der Waals surface area contributed by atoms with Gasteiger partial charge in [0.05, 0.1) is 4.90 Å². The summed E-state index contributed by atoms with van der Waals surface area (Å²) >= 11 is 0. The van der Waals surface area contributed by atoms with Crippen molar-refractivity contribution in [1.82, 2.24) is 4.72 Å². The molecule has 0 aliphatic heterocycles. The van der Waals surface area contributed by atoms with Gasteiger partial charge in [-0.15, -0.1) is 0 Å². The van der Waals surface area contributed by atoms with E-state index in [0.717, 1.165) is 28.7 Å². The van der Waals surface area contributed by atoms with Gasteiger partial charge in [-0.3, -0.25) is 0 Å². The average molecular weight is 283 g/mol. The Morgan fingerprint density at radius 1 is 0.895 bits per heavy atom. The predicted molar refractivity (Wildman–Crippen MR) is 80.2 cm³/mol. The fourth-order valence-corrected chi connectivity index (χ4v) is 4.20. The minimum absolute atomic E-state index is 0.0503. The summed E-state index contributed by atoms with van der Waals surface area (Å²) in [6.07, 6.45) is 0.779. The smallest absolute Gasteiger partial charge is 0.208 e. The van der Waals surface area contributed by atoms with Crippen LogP contribution in [0.4, 0.5) is 0 Å². The van der Waals surface area contributed by atoms with Crippen LogP contribution in [0.1, 0.15) is 48.1 Å². The summed E-state index contributed by atoms with van der Waals surface area (Å²) in [5.41, 5.74) is 5.02. The number of hydrogen-bond acceptors (Lipinski definition) is 2. The summed E-state index contributed by atoms with van der Waals surface area (Å²) in [6.45, 7) is 13.6.